The molecule has 0 spiro atoms. The Balaban J connectivity index is 1.88. The van der Waals surface area contributed by atoms with Crippen molar-refractivity contribution in [3.8, 4) is 5.75 Å². The molecule has 2 N–H and O–H groups in total. The fraction of sp³-hybridized carbons (Fsp3) is 0.350. The molecule has 3 aromatic rings. The van der Waals surface area contributed by atoms with Crippen LogP contribution in [-0.2, 0) is 13.7 Å². The minimum absolute atomic E-state index is 0.0829. The molecule has 0 aliphatic rings. The number of halogens is 6. The van der Waals surface area contributed by atoms with Gasteiger partial charge in [-0.25, -0.2) is 0 Å². The van der Waals surface area contributed by atoms with E-state index in [1.165, 1.54) is 19.2 Å². The summed E-state index contributed by atoms with van der Waals surface area (Å²) in [6, 6.07) is 6.96. The third kappa shape index (κ3) is 5.53. The molecule has 1 unspecified atom stereocenters. The van der Waals surface area contributed by atoms with Gasteiger partial charge in [0, 0.05) is 18.6 Å². The third-order valence-electron chi connectivity index (χ3n) is 4.75. The Hall–Kier alpha value is -3.35. The van der Waals surface area contributed by atoms with Gasteiger partial charge in [-0.05, 0) is 30.3 Å². The van der Waals surface area contributed by atoms with Crippen molar-refractivity contribution in [3.63, 3.8) is 0 Å². The number of aliphatic hydroxyl groups excluding tert-OH is 1. The molecule has 7 nitrogen and oxygen atoms in total. The zero-order chi connectivity index (χ0) is 24.4. The number of hydrogen-bond donors (Lipinski definition) is 2. The van der Waals surface area contributed by atoms with Crippen molar-refractivity contribution < 1.29 is 41.0 Å². The zero-order valence-electron chi connectivity index (χ0n) is 17.0. The van der Waals surface area contributed by atoms with Gasteiger partial charge >= 0.3 is 12.4 Å². The lowest BCUT2D eigenvalue weighted by molar-refractivity contribution is -0.292. The topological polar surface area (TPSA) is 89.3 Å². The van der Waals surface area contributed by atoms with Crippen molar-refractivity contribution in [1.82, 2.24) is 20.1 Å². The Labute approximate surface area is 183 Å². The fourth-order valence-corrected chi connectivity index (χ4v) is 3.29. The third-order valence-corrected chi connectivity index (χ3v) is 4.75. The number of aliphatic hydroxyl groups is 1. The van der Waals surface area contributed by atoms with Crippen LogP contribution in [0.3, 0.4) is 0 Å². The van der Waals surface area contributed by atoms with E-state index < -0.39 is 36.8 Å². The Morgan fingerprint density at radius 3 is 2.42 bits per heavy atom. The number of fused-ring (bicyclic) bond motifs is 1. The smallest absolute Gasteiger partial charge is 0.402 e. The molecule has 1 aromatic carbocycles. The Morgan fingerprint density at radius 1 is 1.15 bits per heavy atom. The van der Waals surface area contributed by atoms with E-state index in [0.717, 1.165) is 4.68 Å². The number of nitrogens with zero attached hydrogens (tertiary/aromatic N) is 3. The molecule has 0 bridgehead atoms. The summed E-state index contributed by atoms with van der Waals surface area (Å²) in [5, 5.41) is 15.1. The second kappa shape index (κ2) is 9.25. The van der Waals surface area contributed by atoms with Gasteiger partial charge in [-0.1, -0.05) is 6.07 Å². The van der Waals surface area contributed by atoms with Gasteiger partial charge in [0.15, 0.2) is 5.92 Å². The van der Waals surface area contributed by atoms with E-state index in [2.05, 4.69) is 10.1 Å². The van der Waals surface area contributed by atoms with Crippen LogP contribution in [0.15, 0.2) is 42.6 Å². The summed E-state index contributed by atoms with van der Waals surface area (Å²) in [5.74, 6) is -4.94. The predicted octanol–water partition coefficient (Wildman–Crippen LogP) is 3.38. The summed E-state index contributed by atoms with van der Waals surface area (Å²) in [6.45, 7) is -1.50. The molecule has 0 aliphatic heterocycles. The molecular weight excluding hydrogens is 458 g/mol. The van der Waals surface area contributed by atoms with Gasteiger partial charge in [-0.2, -0.15) is 31.4 Å². The maximum atomic E-state index is 13.0. The lowest BCUT2D eigenvalue weighted by Crippen LogP contribution is -2.54. The second-order valence-electron chi connectivity index (χ2n) is 7.08. The number of ether oxygens (including phenoxy) is 1. The number of aromatic nitrogens is 3. The van der Waals surface area contributed by atoms with E-state index in [1.54, 1.807) is 35.8 Å². The number of rotatable bonds is 7. The second-order valence-corrected chi connectivity index (χ2v) is 7.08. The number of benzene rings is 1. The number of pyridine rings is 1. The maximum Gasteiger partial charge on any atom is 0.402 e. The average Bonchev–Trinajstić information content (AvgIpc) is 3.05. The van der Waals surface area contributed by atoms with Crippen LogP contribution in [-0.4, -0.2) is 50.8 Å². The first-order valence-corrected chi connectivity index (χ1v) is 9.46. The first-order valence-electron chi connectivity index (χ1n) is 9.46. The number of nitrogens with one attached hydrogen (secondary N) is 1. The van der Waals surface area contributed by atoms with Gasteiger partial charge in [-0.15, -0.1) is 0 Å². The highest BCUT2D eigenvalue weighted by Crippen LogP contribution is 2.41. The van der Waals surface area contributed by atoms with Crippen LogP contribution >= 0.6 is 0 Å². The van der Waals surface area contributed by atoms with E-state index in [0.29, 0.717) is 5.69 Å². The zero-order valence-corrected chi connectivity index (χ0v) is 17.0. The van der Waals surface area contributed by atoms with Crippen molar-refractivity contribution in [1.29, 1.82) is 0 Å². The molecule has 178 valence electrons. The van der Waals surface area contributed by atoms with Crippen LogP contribution in [0.2, 0.25) is 0 Å². The lowest BCUT2D eigenvalue weighted by Gasteiger charge is -2.30. The van der Waals surface area contributed by atoms with Gasteiger partial charge in [0.25, 0.3) is 5.91 Å². The number of alkyl halides is 6. The molecule has 3 rings (SSSR count). The molecule has 0 fully saturated rings. The summed E-state index contributed by atoms with van der Waals surface area (Å²) < 4.78 is 84.8. The van der Waals surface area contributed by atoms with Crippen molar-refractivity contribution in [2.75, 3.05) is 6.61 Å². The molecule has 0 saturated heterocycles. The Bertz CT molecular complexity index is 1100. The first-order chi connectivity index (χ1) is 15.4. The SMILES string of the molecule is Cn1nc2ccc(OCc3ccccn3)cc2c1C(=O)NC(CO)C(C(F)(F)F)C(F)(F)F. The van der Waals surface area contributed by atoms with Crippen LogP contribution in [0, 0.1) is 5.92 Å². The summed E-state index contributed by atoms with van der Waals surface area (Å²) >= 11 is 0. The average molecular weight is 476 g/mol. The van der Waals surface area contributed by atoms with Crippen molar-refractivity contribution in [3.05, 3.63) is 54.0 Å². The van der Waals surface area contributed by atoms with E-state index in [-0.39, 0.29) is 29.0 Å². The lowest BCUT2D eigenvalue weighted by atomic mass is 9.98. The number of carbonyl (C=O) groups is 1. The van der Waals surface area contributed by atoms with E-state index in [1.807, 2.05) is 0 Å². The number of carbonyl (C=O) groups excluding carboxylic acids is 1. The first kappa shape index (κ1) is 24.3. The van der Waals surface area contributed by atoms with Crippen molar-refractivity contribution in [2.45, 2.75) is 25.0 Å². The molecular formula is C20H18F6N4O3. The molecule has 2 aromatic heterocycles. The van der Waals surface area contributed by atoms with Crippen LogP contribution < -0.4 is 10.1 Å². The standard InChI is InChI=1S/C20H18F6N4O3/c1-30-16(18(32)28-15(9-31)17(19(21,22)23)20(24,25)26)13-8-12(5-6-14(13)29-30)33-10-11-4-2-3-7-27-11/h2-8,15,17,31H,9-10H2,1H3,(H,28,32). The molecule has 1 amide bonds. The molecule has 13 heteroatoms. The minimum atomic E-state index is -5.74. The highest BCUT2D eigenvalue weighted by Gasteiger charge is 2.60. The van der Waals surface area contributed by atoms with Crippen LogP contribution in [0.1, 0.15) is 16.2 Å². The van der Waals surface area contributed by atoms with Crippen LogP contribution in [0.4, 0.5) is 26.3 Å². The largest absolute Gasteiger partial charge is 0.487 e. The van der Waals surface area contributed by atoms with Crippen molar-refractivity contribution in [2.24, 2.45) is 13.0 Å². The fourth-order valence-electron chi connectivity index (χ4n) is 3.29. The van der Waals surface area contributed by atoms with Gasteiger partial charge < -0.3 is 15.2 Å². The van der Waals surface area contributed by atoms with Crippen LogP contribution in [0.5, 0.6) is 5.75 Å². The minimum Gasteiger partial charge on any atom is -0.487 e. The monoisotopic (exact) mass is 476 g/mol. The van der Waals surface area contributed by atoms with Gasteiger partial charge in [0.2, 0.25) is 0 Å². The predicted molar refractivity (Wildman–Crippen MR) is 103 cm³/mol. The van der Waals surface area contributed by atoms with E-state index >= 15 is 0 Å². The molecule has 33 heavy (non-hydrogen) atoms. The van der Waals surface area contributed by atoms with Crippen LogP contribution in [0.25, 0.3) is 10.9 Å². The quantitative estimate of drug-likeness (QED) is 0.511. The summed E-state index contributed by atoms with van der Waals surface area (Å²) in [4.78, 5) is 16.8. The van der Waals surface area contributed by atoms with E-state index in [9.17, 15) is 36.2 Å². The summed E-state index contributed by atoms with van der Waals surface area (Å²) in [5.41, 5.74) is 0.573. The van der Waals surface area contributed by atoms with Gasteiger partial charge in [0.05, 0.1) is 23.9 Å². The molecule has 2 heterocycles. The van der Waals surface area contributed by atoms with Crippen molar-refractivity contribution >= 4 is 16.8 Å². The maximum absolute atomic E-state index is 13.0. The molecule has 1 atom stereocenters. The Kier molecular flexibility index (Phi) is 6.81. The van der Waals surface area contributed by atoms with Gasteiger partial charge in [0.1, 0.15) is 18.1 Å². The number of aryl methyl sites for hydroxylation is 1. The van der Waals surface area contributed by atoms with Gasteiger partial charge in [-0.3, -0.25) is 14.5 Å². The molecule has 0 saturated carbocycles. The number of amides is 1. The summed E-state index contributed by atoms with van der Waals surface area (Å²) in [7, 11) is 1.31. The highest BCUT2D eigenvalue weighted by atomic mass is 19.4. The highest BCUT2D eigenvalue weighted by molar-refractivity contribution is 6.05. The Morgan fingerprint density at radius 2 is 1.85 bits per heavy atom. The number of hydrogen-bond acceptors (Lipinski definition) is 5. The summed E-state index contributed by atoms with van der Waals surface area (Å²) in [6.07, 6.45) is -9.90. The molecule has 0 radical (unpaired) electrons. The normalized spacial score (nSPS) is 13.4. The molecule has 0 aliphatic carbocycles. The van der Waals surface area contributed by atoms with E-state index in [4.69, 9.17) is 4.74 Å².